The number of guanidine groups is 1. The first-order valence-corrected chi connectivity index (χ1v) is 14.7. The van der Waals surface area contributed by atoms with Crippen LogP contribution in [0.3, 0.4) is 0 Å². The number of carbonyl (C=O) groups excluding carboxylic acids is 3. The Labute approximate surface area is 239 Å². The molecule has 1 rings (SSSR count). The predicted octanol–water partition coefficient (Wildman–Crippen LogP) is -0.969. The van der Waals surface area contributed by atoms with Crippen LogP contribution in [-0.4, -0.2) is 84.0 Å². The molecule has 0 radical (unpaired) electrons. The van der Waals surface area contributed by atoms with E-state index in [1.54, 1.807) is 0 Å². The SMILES string of the molecule is CSCCC(NC(=O)C(N)Cc1ccccc1)C(=O)NC(CCCN=C(N)N)C(=O)NC(CCCCN)C(=O)O. The third kappa shape index (κ3) is 14.1. The van der Waals surface area contributed by atoms with E-state index in [4.69, 9.17) is 22.9 Å². The van der Waals surface area contributed by atoms with Gasteiger partial charge in [0.2, 0.25) is 17.7 Å². The number of carboxylic acid groups (broad SMARTS) is 1. The van der Waals surface area contributed by atoms with Crippen LogP contribution in [0, 0.1) is 0 Å². The molecule has 40 heavy (non-hydrogen) atoms. The lowest BCUT2D eigenvalue weighted by molar-refractivity contribution is -0.142. The number of thioether (sulfide) groups is 1. The minimum absolute atomic E-state index is 0.109. The average Bonchev–Trinajstić information content (AvgIpc) is 2.92. The third-order valence-corrected chi connectivity index (χ3v) is 6.66. The van der Waals surface area contributed by atoms with Crippen molar-refractivity contribution < 1.29 is 24.3 Å². The molecular formula is C26H44N8O5S. The van der Waals surface area contributed by atoms with Crippen molar-refractivity contribution >= 4 is 41.4 Å². The Morgan fingerprint density at radius 2 is 1.45 bits per heavy atom. The molecule has 224 valence electrons. The fraction of sp³-hybridized carbons (Fsp3) is 0.577. The van der Waals surface area contributed by atoms with Crippen molar-refractivity contribution in [3.63, 3.8) is 0 Å². The number of nitrogens with one attached hydrogen (secondary N) is 3. The first-order chi connectivity index (χ1) is 19.1. The molecule has 14 heteroatoms. The van der Waals surface area contributed by atoms with Crippen LogP contribution in [0.4, 0.5) is 0 Å². The summed E-state index contributed by atoms with van der Waals surface area (Å²) in [7, 11) is 0. The highest BCUT2D eigenvalue weighted by atomic mass is 32.2. The van der Waals surface area contributed by atoms with Crippen LogP contribution in [0.1, 0.15) is 44.1 Å². The van der Waals surface area contributed by atoms with E-state index in [1.165, 1.54) is 11.8 Å². The molecule has 0 fully saturated rings. The highest BCUT2D eigenvalue weighted by molar-refractivity contribution is 7.98. The number of amides is 3. The molecule has 0 aliphatic heterocycles. The van der Waals surface area contributed by atoms with E-state index in [0.29, 0.717) is 44.4 Å². The van der Waals surface area contributed by atoms with Crippen LogP contribution in [0.5, 0.6) is 0 Å². The van der Waals surface area contributed by atoms with Crippen molar-refractivity contribution in [1.82, 2.24) is 16.0 Å². The number of carboxylic acids is 1. The van der Waals surface area contributed by atoms with Crippen molar-refractivity contribution in [3.8, 4) is 0 Å². The fourth-order valence-electron chi connectivity index (χ4n) is 3.81. The second-order valence-corrected chi connectivity index (χ2v) is 10.3. The number of aliphatic carboxylic acids is 1. The smallest absolute Gasteiger partial charge is 0.326 e. The van der Waals surface area contributed by atoms with Crippen LogP contribution in [0.2, 0.25) is 0 Å². The van der Waals surface area contributed by atoms with Gasteiger partial charge in [-0.25, -0.2) is 4.79 Å². The number of hydrogen-bond donors (Lipinski definition) is 8. The Morgan fingerprint density at radius 3 is 2.02 bits per heavy atom. The average molecular weight is 581 g/mol. The quantitative estimate of drug-likeness (QED) is 0.0533. The number of aliphatic imine (C=N–C) groups is 1. The summed E-state index contributed by atoms with van der Waals surface area (Å²) in [5, 5.41) is 17.5. The van der Waals surface area contributed by atoms with E-state index in [1.807, 2.05) is 36.6 Å². The normalized spacial score (nSPS) is 13.8. The molecule has 1 aromatic carbocycles. The van der Waals surface area contributed by atoms with Crippen molar-refractivity contribution in [1.29, 1.82) is 0 Å². The van der Waals surface area contributed by atoms with Gasteiger partial charge in [0.05, 0.1) is 6.04 Å². The van der Waals surface area contributed by atoms with E-state index in [9.17, 15) is 24.3 Å². The molecule has 0 saturated heterocycles. The lowest BCUT2D eigenvalue weighted by Crippen LogP contribution is -2.57. The van der Waals surface area contributed by atoms with Crippen LogP contribution < -0.4 is 38.9 Å². The summed E-state index contributed by atoms with van der Waals surface area (Å²) in [4.78, 5) is 54.9. The van der Waals surface area contributed by atoms with Gasteiger partial charge in [-0.2, -0.15) is 11.8 Å². The summed E-state index contributed by atoms with van der Waals surface area (Å²) in [6.07, 6.45) is 4.26. The van der Waals surface area contributed by atoms with Crippen molar-refractivity contribution in [3.05, 3.63) is 35.9 Å². The van der Waals surface area contributed by atoms with Gasteiger partial charge in [-0.05, 0) is 69.1 Å². The number of hydrogen-bond acceptors (Lipinski definition) is 8. The number of benzene rings is 1. The van der Waals surface area contributed by atoms with Crippen LogP contribution >= 0.6 is 11.8 Å². The zero-order valence-corrected chi connectivity index (χ0v) is 23.8. The monoisotopic (exact) mass is 580 g/mol. The molecule has 4 unspecified atom stereocenters. The molecule has 13 nitrogen and oxygen atoms in total. The molecule has 4 atom stereocenters. The summed E-state index contributed by atoms with van der Waals surface area (Å²) in [6, 6.07) is 5.23. The van der Waals surface area contributed by atoms with Crippen molar-refractivity contribution in [2.24, 2.45) is 27.9 Å². The van der Waals surface area contributed by atoms with E-state index in [0.717, 1.165) is 5.56 Å². The molecule has 0 bridgehead atoms. The number of carbonyl (C=O) groups is 4. The van der Waals surface area contributed by atoms with E-state index in [-0.39, 0.29) is 25.3 Å². The zero-order chi connectivity index (χ0) is 29.9. The van der Waals surface area contributed by atoms with Gasteiger partial charge in [0, 0.05) is 6.54 Å². The molecule has 0 heterocycles. The molecule has 1 aromatic rings. The number of unbranched alkanes of at least 4 members (excludes halogenated alkanes) is 1. The highest BCUT2D eigenvalue weighted by Crippen LogP contribution is 2.08. The topological polar surface area (TPSA) is 241 Å². The van der Waals surface area contributed by atoms with Gasteiger partial charge < -0.3 is 44.0 Å². The van der Waals surface area contributed by atoms with E-state index < -0.39 is 47.9 Å². The second kappa shape index (κ2) is 19.7. The van der Waals surface area contributed by atoms with Gasteiger partial charge in [-0.3, -0.25) is 19.4 Å². The predicted molar refractivity (Wildman–Crippen MR) is 157 cm³/mol. The standard InChI is InChI=1S/C26H44N8O5S/c1-40-15-12-20(32-22(35)18(28)16-17-8-3-2-4-9-17)24(37)33-19(11-7-14-31-26(29)30)23(36)34-21(25(38)39)10-5-6-13-27/h2-4,8-9,18-21H,5-7,10-16,27-28H2,1H3,(H,32,35)(H,33,37)(H,34,36)(H,38,39)(H4,29,30,31). The Kier molecular flexibility index (Phi) is 17.0. The van der Waals surface area contributed by atoms with Gasteiger partial charge in [-0.15, -0.1) is 0 Å². The molecule has 0 spiro atoms. The molecule has 12 N–H and O–H groups in total. The first-order valence-electron chi connectivity index (χ1n) is 13.3. The second-order valence-electron chi connectivity index (χ2n) is 9.33. The first kappa shape index (κ1) is 34.7. The maximum absolute atomic E-state index is 13.3. The molecule has 0 aliphatic rings. The third-order valence-electron chi connectivity index (χ3n) is 6.02. The summed E-state index contributed by atoms with van der Waals surface area (Å²) in [5.74, 6) is -2.46. The maximum Gasteiger partial charge on any atom is 0.326 e. The van der Waals surface area contributed by atoms with Crippen LogP contribution in [-0.2, 0) is 25.6 Å². The number of nitrogens with zero attached hydrogens (tertiary/aromatic N) is 1. The van der Waals surface area contributed by atoms with Crippen molar-refractivity contribution in [2.45, 2.75) is 69.1 Å². The van der Waals surface area contributed by atoms with Gasteiger partial charge >= 0.3 is 5.97 Å². The largest absolute Gasteiger partial charge is 0.480 e. The number of nitrogens with two attached hydrogens (primary N) is 4. The van der Waals surface area contributed by atoms with Gasteiger partial charge in [-0.1, -0.05) is 30.3 Å². The molecule has 0 aromatic heterocycles. The molecular weight excluding hydrogens is 536 g/mol. The highest BCUT2D eigenvalue weighted by Gasteiger charge is 2.30. The lowest BCUT2D eigenvalue weighted by atomic mass is 10.0. The molecule has 0 saturated carbocycles. The minimum Gasteiger partial charge on any atom is -0.480 e. The van der Waals surface area contributed by atoms with Crippen molar-refractivity contribution in [2.75, 3.05) is 25.1 Å². The Balaban J connectivity index is 2.98. The van der Waals surface area contributed by atoms with Gasteiger partial charge in [0.15, 0.2) is 5.96 Å². The van der Waals surface area contributed by atoms with Crippen LogP contribution in [0.25, 0.3) is 0 Å². The summed E-state index contributed by atoms with van der Waals surface area (Å²) in [5.41, 5.74) is 23.2. The Hall–Kier alpha value is -3.36. The summed E-state index contributed by atoms with van der Waals surface area (Å²) in [6.45, 7) is 0.615. The van der Waals surface area contributed by atoms with E-state index >= 15 is 0 Å². The summed E-state index contributed by atoms with van der Waals surface area (Å²) < 4.78 is 0. The number of rotatable bonds is 20. The molecule has 3 amide bonds. The lowest BCUT2D eigenvalue weighted by Gasteiger charge is -2.25. The minimum atomic E-state index is -1.19. The van der Waals surface area contributed by atoms with E-state index in [2.05, 4.69) is 20.9 Å². The van der Waals surface area contributed by atoms with Gasteiger partial charge in [0.1, 0.15) is 18.1 Å². The maximum atomic E-state index is 13.3. The van der Waals surface area contributed by atoms with Gasteiger partial charge in [0.25, 0.3) is 0 Å². The Bertz CT molecular complexity index is 962. The Morgan fingerprint density at radius 1 is 0.875 bits per heavy atom. The fourth-order valence-corrected chi connectivity index (χ4v) is 4.28. The zero-order valence-electron chi connectivity index (χ0n) is 23.0. The van der Waals surface area contributed by atoms with Crippen LogP contribution in [0.15, 0.2) is 35.3 Å². The summed E-state index contributed by atoms with van der Waals surface area (Å²) >= 11 is 1.50. The molecule has 0 aliphatic carbocycles.